The third-order valence-electron chi connectivity index (χ3n) is 3.75. The fourth-order valence-electron chi connectivity index (χ4n) is 2.55. The first-order valence-electron chi connectivity index (χ1n) is 7.45. The number of methoxy groups -OCH3 is 1. The Hall–Kier alpha value is -2.88. The maximum absolute atomic E-state index is 12.6. The molecule has 0 aromatic heterocycles. The van der Waals surface area contributed by atoms with Crippen LogP contribution in [0.3, 0.4) is 0 Å². The average Bonchev–Trinajstić information content (AvgIpc) is 2.84. The molecule has 0 unspecified atom stereocenters. The second kappa shape index (κ2) is 6.48. The SMILES string of the molecule is COc1ccccc1/C=C1\N=C(C)N(Cc2ccccc2)C1=O. The van der Waals surface area contributed by atoms with Crippen LogP contribution in [0.4, 0.5) is 0 Å². The fraction of sp³-hybridized carbons (Fsp3) is 0.158. The normalized spacial score (nSPS) is 15.9. The summed E-state index contributed by atoms with van der Waals surface area (Å²) in [7, 11) is 1.62. The molecule has 0 saturated heterocycles. The number of rotatable bonds is 4. The Kier molecular flexibility index (Phi) is 4.24. The molecule has 1 amide bonds. The third kappa shape index (κ3) is 3.16. The molecule has 0 fully saturated rings. The second-order valence-electron chi connectivity index (χ2n) is 5.31. The van der Waals surface area contributed by atoms with Crippen molar-refractivity contribution >= 4 is 17.8 Å². The number of amides is 1. The van der Waals surface area contributed by atoms with Gasteiger partial charge in [0.1, 0.15) is 17.3 Å². The highest BCUT2D eigenvalue weighted by molar-refractivity contribution is 6.13. The van der Waals surface area contributed by atoms with E-state index in [0.717, 1.165) is 16.9 Å². The van der Waals surface area contributed by atoms with E-state index in [4.69, 9.17) is 4.74 Å². The number of hydrogen-bond donors (Lipinski definition) is 0. The largest absolute Gasteiger partial charge is 0.496 e. The Morgan fingerprint density at radius 1 is 1.09 bits per heavy atom. The second-order valence-corrected chi connectivity index (χ2v) is 5.31. The molecule has 1 heterocycles. The van der Waals surface area contributed by atoms with Crippen LogP contribution in [0.2, 0.25) is 0 Å². The Morgan fingerprint density at radius 3 is 2.52 bits per heavy atom. The van der Waals surface area contributed by atoms with Crippen LogP contribution in [0, 0.1) is 0 Å². The molecule has 0 bridgehead atoms. The Bertz CT molecular complexity index is 779. The number of benzene rings is 2. The molecule has 0 N–H and O–H groups in total. The van der Waals surface area contributed by atoms with Crippen molar-refractivity contribution in [1.29, 1.82) is 0 Å². The number of para-hydroxylation sites is 1. The summed E-state index contributed by atoms with van der Waals surface area (Å²) in [5.41, 5.74) is 2.35. The van der Waals surface area contributed by atoms with Gasteiger partial charge in [-0.2, -0.15) is 0 Å². The van der Waals surface area contributed by atoms with E-state index in [2.05, 4.69) is 4.99 Å². The third-order valence-corrected chi connectivity index (χ3v) is 3.75. The van der Waals surface area contributed by atoms with E-state index >= 15 is 0 Å². The highest BCUT2D eigenvalue weighted by atomic mass is 16.5. The van der Waals surface area contributed by atoms with Crippen LogP contribution in [-0.2, 0) is 11.3 Å². The van der Waals surface area contributed by atoms with Crippen molar-refractivity contribution in [3.63, 3.8) is 0 Å². The lowest BCUT2D eigenvalue weighted by Crippen LogP contribution is -2.29. The summed E-state index contributed by atoms with van der Waals surface area (Å²) in [5, 5.41) is 0. The van der Waals surface area contributed by atoms with Gasteiger partial charge >= 0.3 is 0 Å². The van der Waals surface area contributed by atoms with Crippen LogP contribution in [0.5, 0.6) is 5.75 Å². The van der Waals surface area contributed by atoms with Gasteiger partial charge in [-0.3, -0.25) is 9.69 Å². The van der Waals surface area contributed by atoms with Crippen LogP contribution < -0.4 is 4.74 Å². The molecule has 3 rings (SSSR count). The predicted octanol–water partition coefficient (Wildman–Crippen LogP) is 3.50. The Balaban J connectivity index is 1.86. The average molecular weight is 306 g/mol. The number of nitrogens with zero attached hydrogens (tertiary/aromatic N) is 2. The molecule has 0 spiro atoms. The van der Waals surface area contributed by atoms with Crippen molar-refractivity contribution in [2.24, 2.45) is 4.99 Å². The van der Waals surface area contributed by atoms with Crippen LogP contribution in [-0.4, -0.2) is 23.8 Å². The van der Waals surface area contributed by atoms with Crippen LogP contribution >= 0.6 is 0 Å². The summed E-state index contributed by atoms with van der Waals surface area (Å²) in [6, 6.07) is 17.5. The zero-order chi connectivity index (χ0) is 16.2. The molecule has 4 heteroatoms. The van der Waals surface area contributed by atoms with Gasteiger partial charge in [-0.15, -0.1) is 0 Å². The zero-order valence-corrected chi connectivity index (χ0v) is 13.2. The van der Waals surface area contributed by atoms with E-state index < -0.39 is 0 Å². The smallest absolute Gasteiger partial charge is 0.278 e. The highest BCUT2D eigenvalue weighted by Crippen LogP contribution is 2.25. The lowest BCUT2D eigenvalue weighted by atomic mass is 10.1. The molecule has 1 aliphatic rings. The lowest BCUT2D eigenvalue weighted by molar-refractivity contribution is -0.123. The van der Waals surface area contributed by atoms with Crippen molar-refractivity contribution in [1.82, 2.24) is 4.90 Å². The summed E-state index contributed by atoms with van der Waals surface area (Å²) < 4.78 is 5.32. The molecule has 1 aliphatic heterocycles. The number of hydrogen-bond acceptors (Lipinski definition) is 3. The Labute approximate surface area is 135 Å². The molecule has 23 heavy (non-hydrogen) atoms. The molecule has 0 radical (unpaired) electrons. The maximum atomic E-state index is 12.6. The molecular formula is C19H18N2O2. The van der Waals surface area contributed by atoms with Gasteiger partial charge in [0.15, 0.2) is 0 Å². The Morgan fingerprint density at radius 2 is 1.78 bits per heavy atom. The number of aliphatic imine (C=N–C) groups is 1. The summed E-state index contributed by atoms with van der Waals surface area (Å²) >= 11 is 0. The maximum Gasteiger partial charge on any atom is 0.278 e. The van der Waals surface area contributed by atoms with Gasteiger partial charge in [-0.25, -0.2) is 4.99 Å². The minimum atomic E-state index is -0.0859. The first-order valence-corrected chi connectivity index (χ1v) is 7.45. The molecule has 116 valence electrons. The zero-order valence-electron chi connectivity index (χ0n) is 13.2. The number of carbonyl (C=O) groups excluding carboxylic acids is 1. The fourth-order valence-corrected chi connectivity index (χ4v) is 2.55. The summed E-state index contributed by atoms with van der Waals surface area (Å²) in [4.78, 5) is 18.7. The summed E-state index contributed by atoms with van der Waals surface area (Å²) in [6.07, 6.45) is 1.77. The molecular weight excluding hydrogens is 288 g/mol. The standard InChI is InChI=1S/C19H18N2O2/c1-14-20-17(12-16-10-6-7-11-18(16)23-2)19(22)21(14)13-15-8-4-3-5-9-15/h3-12H,13H2,1-2H3/b17-12-. The quantitative estimate of drug-likeness (QED) is 0.811. The van der Waals surface area contributed by atoms with Gasteiger partial charge in [0.25, 0.3) is 5.91 Å². The van der Waals surface area contributed by atoms with E-state index in [1.54, 1.807) is 18.1 Å². The number of amidine groups is 1. The van der Waals surface area contributed by atoms with E-state index in [1.807, 2.05) is 61.5 Å². The minimum absolute atomic E-state index is 0.0859. The van der Waals surface area contributed by atoms with Gasteiger partial charge in [-0.1, -0.05) is 48.5 Å². The lowest BCUT2D eigenvalue weighted by Gasteiger charge is -2.15. The summed E-state index contributed by atoms with van der Waals surface area (Å²) in [6.45, 7) is 2.38. The van der Waals surface area contributed by atoms with Gasteiger partial charge in [0, 0.05) is 5.56 Å². The molecule has 4 nitrogen and oxygen atoms in total. The highest BCUT2D eigenvalue weighted by Gasteiger charge is 2.27. The van der Waals surface area contributed by atoms with Crippen molar-refractivity contribution in [2.75, 3.05) is 7.11 Å². The molecule has 0 atom stereocenters. The topological polar surface area (TPSA) is 41.9 Å². The van der Waals surface area contributed by atoms with Gasteiger partial charge in [0.05, 0.1) is 13.7 Å². The molecule has 2 aromatic rings. The molecule has 2 aromatic carbocycles. The van der Waals surface area contributed by atoms with E-state index in [0.29, 0.717) is 18.1 Å². The van der Waals surface area contributed by atoms with Crippen molar-refractivity contribution in [2.45, 2.75) is 13.5 Å². The van der Waals surface area contributed by atoms with E-state index in [-0.39, 0.29) is 5.91 Å². The minimum Gasteiger partial charge on any atom is -0.496 e. The number of carbonyl (C=O) groups is 1. The van der Waals surface area contributed by atoms with Crippen molar-refractivity contribution in [3.05, 3.63) is 71.4 Å². The predicted molar refractivity (Wildman–Crippen MR) is 91.1 cm³/mol. The molecule has 0 saturated carbocycles. The van der Waals surface area contributed by atoms with E-state index in [9.17, 15) is 4.79 Å². The monoisotopic (exact) mass is 306 g/mol. The van der Waals surface area contributed by atoms with Crippen molar-refractivity contribution < 1.29 is 9.53 Å². The van der Waals surface area contributed by atoms with Crippen molar-refractivity contribution in [3.8, 4) is 5.75 Å². The van der Waals surface area contributed by atoms with Crippen LogP contribution in [0.1, 0.15) is 18.1 Å². The summed E-state index contributed by atoms with van der Waals surface area (Å²) in [5.74, 6) is 1.35. The first kappa shape index (κ1) is 15.0. The first-order chi connectivity index (χ1) is 11.2. The van der Waals surface area contributed by atoms with E-state index in [1.165, 1.54) is 0 Å². The van der Waals surface area contributed by atoms with Gasteiger partial charge in [-0.05, 0) is 24.6 Å². The van der Waals surface area contributed by atoms with Gasteiger partial charge in [0.2, 0.25) is 0 Å². The number of ether oxygens (including phenoxy) is 1. The van der Waals surface area contributed by atoms with Gasteiger partial charge < -0.3 is 4.74 Å². The molecule has 0 aliphatic carbocycles. The van der Waals surface area contributed by atoms with Crippen LogP contribution in [0.15, 0.2) is 65.3 Å². The van der Waals surface area contributed by atoms with Crippen LogP contribution in [0.25, 0.3) is 6.08 Å².